The van der Waals surface area contributed by atoms with Crippen molar-refractivity contribution in [3.05, 3.63) is 66.5 Å². The van der Waals surface area contributed by atoms with Crippen LogP contribution in [0.25, 0.3) is 17.1 Å². The SMILES string of the molecule is CC(C)N(C(=O)c1nc(-c2ccccc2)n(-c2ccccc2)n1)C1CC1. The molecule has 1 aliphatic carbocycles. The number of nitrogens with zero attached hydrogens (tertiary/aromatic N) is 4. The molecule has 0 unspecified atom stereocenters. The molecule has 0 spiro atoms. The highest BCUT2D eigenvalue weighted by molar-refractivity contribution is 5.91. The zero-order chi connectivity index (χ0) is 18.1. The van der Waals surface area contributed by atoms with Crippen LogP contribution in [-0.2, 0) is 0 Å². The van der Waals surface area contributed by atoms with E-state index in [4.69, 9.17) is 0 Å². The molecule has 1 heterocycles. The van der Waals surface area contributed by atoms with Gasteiger partial charge in [0.1, 0.15) is 0 Å². The van der Waals surface area contributed by atoms with Crippen molar-refractivity contribution in [3.63, 3.8) is 0 Å². The predicted octanol–water partition coefficient (Wildman–Crippen LogP) is 3.95. The van der Waals surface area contributed by atoms with Crippen molar-refractivity contribution >= 4 is 5.91 Å². The second-order valence-corrected chi connectivity index (χ2v) is 6.91. The van der Waals surface area contributed by atoms with Gasteiger partial charge in [0.15, 0.2) is 5.82 Å². The van der Waals surface area contributed by atoms with E-state index in [0.717, 1.165) is 24.1 Å². The van der Waals surface area contributed by atoms with Crippen molar-refractivity contribution in [1.82, 2.24) is 19.7 Å². The Labute approximate surface area is 153 Å². The normalized spacial score (nSPS) is 13.8. The van der Waals surface area contributed by atoms with Crippen molar-refractivity contribution in [2.75, 3.05) is 0 Å². The molecule has 0 N–H and O–H groups in total. The van der Waals surface area contributed by atoms with Gasteiger partial charge in [-0.15, -0.1) is 5.10 Å². The fraction of sp³-hybridized carbons (Fsp3) is 0.286. The highest BCUT2D eigenvalue weighted by atomic mass is 16.2. The number of amides is 1. The second kappa shape index (κ2) is 6.75. The van der Waals surface area contributed by atoms with Gasteiger partial charge < -0.3 is 4.90 Å². The molecular formula is C21H22N4O. The van der Waals surface area contributed by atoms with Crippen LogP contribution >= 0.6 is 0 Å². The zero-order valence-corrected chi connectivity index (χ0v) is 15.0. The number of benzene rings is 2. The number of carbonyl (C=O) groups is 1. The van der Waals surface area contributed by atoms with Gasteiger partial charge in [-0.1, -0.05) is 48.5 Å². The molecule has 0 saturated heterocycles. The molecule has 4 rings (SSSR count). The number of aromatic nitrogens is 3. The average Bonchev–Trinajstić information content (AvgIpc) is 3.39. The summed E-state index contributed by atoms with van der Waals surface area (Å²) in [5, 5.41) is 4.58. The first-order chi connectivity index (χ1) is 12.6. The summed E-state index contributed by atoms with van der Waals surface area (Å²) in [6.45, 7) is 4.09. The van der Waals surface area contributed by atoms with Crippen LogP contribution in [0.2, 0.25) is 0 Å². The van der Waals surface area contributed by atoms with E-state index in [0.29, 0.717) is 11.9 Å². The lowest BCUT2D eigenvalue weighted by atomic mass is 10.2. The molecule has 1 fully saturated rings. The third-order valence-corrected chi connectivity index (χ3v) is 4.56. The number of para-hydroxylation sites is 1. The van der Waals surface area contributed by atoms with Crippen LogP contribution in [-0.4, -0.2) is 37.7 Å². The van der Waals surface area contributed by atoms with Gasteiger partial charge in [-0.25, -0.2) is 9.67 Å². The molecule has 0 atom stereocenters. The molecule has 1 saturated carbocycles. The summed E-state index contributed by atoms with van der Waals surface area (Å²) >= 11 is 0. The minimum atomic E-state index is -0.0886. The number of hydrogen-bond donors (Lipinski definition) is 0. The van der Waals surface area contributed by atoms with E-state index in [1.54, 1.807) is 4.68 Å². The first kappa shape index (κ1) is 16.5. The van der Waals surface area contributed by atoms with Crippen molar-refractivity contribution < 1.29 is 4.79 Å². The Kier molecular flexibility index (Phi) is 4.29. The van der Waals surface area contributed by atoms with Gasteiger partial charge in [-0.3, -0.25) is 4.79 Å². The predicted molar refractivity (Wildman–Crippen MR) is 101 cm³/mol. The van der Waals surface area contributed by atoms with E-state index in [1.807, 2.05) is 79.4 Å². The lowest BCUT2D eigenvalue weighted by molar-refractivity contribution is 0.0677. The van der Waals surface area contributed by atoms with Crippen molar-refractivity contribution in [2.24, 2.45) is 0 Å². The molecule has 1 aliphatic rings. The molecule has 26 heavy (non-hydrogen) atoms. The van der Waals surface area contributed by atoms with Gasteiger partial charge in [0, 0.05) is 17.6 Å². The monoisotopic (exact) mass is 346 g/mol. The molecule has 0 bridgehead atoms. The smallest absolute Gasteiger partial charge is 0.294 e. The van der Waals surface area contributed by atoms with Gasteiger partial charge in [0.2, 0.25) is 5.82 Å². The lowest BCUT2D eigenvalue weighted by Crippen LogP contribution is -2.39. The summed E-state index contributed by atoms with van der Waals surface area (Å²) in [5.74, 6) is 0.849. The average molecular weight is 346 g/mol. The van der Waals surface area contributed by atoms with E-state index < -0.39 is 0 Å². The van der Waals surface area contributed by atoms with E-state index >= 15 is 0 Å². The summed E-state index contributed by atoms with van der Waals surface area (Å²) in [7, 11) is 0. The molecule has 1 aromatic heterocycles. The van der Waals surface area contributed by atoms with E-state index in [9.17, 15) is 4.79 Å². The van der Waals surface area contributed by atoms with E-state index in [-0.39, 0.29) is 17.8 Å². The van der Waals surface area contributed by atoms with E-state index in [2.05, 4.69) is 10.1 Å². The Balaban J connectivity index is 1.80. The van der Waals surface area contributed by atoms with Crippen LogP contribution in [0.3, 0.4) is 0 Å². The largest absolute Gasteiger partial charge is 0.330 e. The van der Waals surface area contributed by atoms with Gasteiger partial charge in [-0.2, -0.15) is 0 Å². The van der Waals surface area contributed by atoms with Crippen LogP contribution < -0.4 is 0 Å². The van der Waals surface area contributed by atoms with Crippen LogP contribution in [0.4, 0.5) is 0 Å². The lowest BCUT2D eigenvalue weighted by Gasteiger charge is -2.25. The Bertz CT molecular complexity index is 839. The summed E-state index contributed by atoms with van der Waals surface area (Å²) in [4.78, 5) is 19.6. The Hall–Kier alpha value is -2.95. The molecule has 2 aromatic carbocycles. The fourth-order valence-electron chi connectivity index (χ4n) is 3.22. The second-order valence-electron chi connectivity index (χ2n) is 6.91. The first-order valence-corrected chi connectivity index (χ1v) is 9.05. The molecule has 1 amide bonds. The van der Waals surface area contributed by atoms with Gasteiger partial charge in [0.05, 0.1) is 5.69 Å². The van der Waals surface area contributed by atoms with Crippen LogP contribution in [0.15, 0.2) is 60.7 Å². The molecule has 132 valence electrons. The molecule has 3 aromatic rings. The summed E-state index contributed by atoms with van der Waals surface area (Å²) in [5.41, 5.74) is 1.82. The van der Waals surface area contributed by atoms with Crippen LogP contribution in [0.1, 0.15) is 37.3 Å². The van der Waals surface area contributed by atoms with Crippen molar-refractivity contribution in [2.45, 2.75) is 38.8 Å². The quantitative estimate of drug-likeness (QED) is 0.703. The summed E-state index contributed by atoms with van der Waals surface area (Å²) in [6, 6.07) is 20.1. The first-order valence-electron chi connectivity index (χ1n) is 9.05. The maximum atomic E-state index is 13.1. The number of carbonyl (C=O) groups excluding carboxylic acids is 1. The van der Waals surface area contributed by atoms with Crippen molar-refractivity contribution in [1.29, 1.82) is 0 Å². The zero-order valence-electron chi connectivity index (χ0n) is 15.0. The Morgan fingerprint density at radius 1 is 1.04 bits per heavy atom. The number of rotatable bonds is 5. The summed E-state index contributed by atoms with van der Waals surface area (Å²) < 4.78 is 1.76. The third kappa shape index (κ3) is 3.12. The maximum Gasteiger partial charge on any atom is 0.294 e. The molecule has 0 aliphatic heterocycles. The van der Waals surface area contributed by atoms with Crippen LogP contribution in [0, 0.1) is 0 Å². The Morgan fingerprint density at radius 2 is 1.65 bits per heavy atom. The van der Waals surface area contributed by atoms with Crippen LogP contribution in [0.5, 0.6) is 0 Å². The minimum Gasteiger partial charge on any atom is -0.330 e. The molecule has 5 nitrogen and oxygen atoms in total. The Morgan fingerprint density at radius 3 is 2.23 bits per heavy atom. The third-order valence-electron chi connectivity index (χ3n) is 4.56. The standard InChI is InChI=1S/C21H22N4O/c1-15(2)24(17-13-14-17)21(26)19-22-20(16-9-5-3-6-10-16)25(23-19)18-11-7-4-8-12-18/h3-12,15,17H,13-14H2,1-2H3. The maximum absolute atomic E-state index is 13.1. The highest BCUT2D eigenvalue weighted by Gasteiger charge is 2.36. The molecule has 5 heteroatoms. The molecular weight excluding hydrogens is 324 g/mol. The highest BCUT2D eigenvalue weighted by Crippen LogP contribution is 2.30. The van der Waals surface area contributed by atoms with Gasteiger partial charge in [0.25, 0.3) is 5.91 Å². The van der Waals surface area contributed by atoms with Gasteiger partial charge in [-0.05, 0) is 38.8 Å². The van der Waals surface area contributed by atoms with E-state index in [1.165, 1.54) is 0 Å². The molecule has 0 radical (unpaired) electrons. The van der Waals surface area contributed by atoms with Gasteiger partial charge >= 0.3 is 0 Å². The number of hydrogen-bond acceptors (Lipinski definition) is 3. The fourth-order valence-corrected chi connectivity index (χ4v) is 3.22. The van der Waals surface area contributed by atoms with Crippen molar-refractivity contribution in [3.8, 4) is 17.1 Å². The summed E-state index contributed by atoms with van der Waals surface area (Å²) in [6.07, 6.45) is 2.13. The minimum absolute atomic E-state index is 0.0886. The topological polar surface area (TPSA) is 51.0 Å².